The fourth-order valence-corrected chi connectivity index (χ4v) is 2.01. The van der Waals surface area contributed by atoms with Crippen molar-refractivity contribution in [2.75, 3.05) is 21.3 Å². The van der Waals surface area contributed by atoms with Gasteiger partial charge in [-0.05, 0) is 12.1 Å². The average molecular weight is 290 g/mol. The highest BCUT2D eigenvalue weighted by Gasteiger charge is 2.19. The first kappa shape index (κ1) is 15.0. The van der Waals surface area contributed by atoms with Crippen LogP contribution in [0.1, 0.15) is 17.3 Å². The van der Waals surface area contributed by atoms with Crippen LogP contribution in [-0.4, -0.2) is 31.3 Å². The molecule has 0 spiro atoms. The SMILES string of the molecule is COc1ccc(C(NN)c2cc(OC)ncn2)c(OC)c1. The summed E-state index contributed by atoms with van der Waals surface area (Å²) in [7, 11) is 4.74. The van der Waals surface area contributed by atoms with Crippen LogP contribution < -0.4 is 25.5 Å². The summed E-state index contributed by atoms with van der Waals surface area (Å²) in [5.74, 6) is 7.50. The highest BCUT2D eigenvalue weighted by atomic mass is 16.5. The molecule has 1 unspecified atom stereocenters. The van der Waals surface area contributed by atoms with E-state index in [2.05, 4.69) is 15.4 Å². The van der Waals surface area contributed by atoms with Gasteiger partial charge in [-0.15, -0.1) is 0 Å². The van der Waals surface area contributed by atoms with Crippen molar-refractivity contribution in [3.05, 3.63) is 41.9 Å². The normalized spacial score (nSPS) is 11.8. The van der Waals surface area contributed by atoms with E-state index in [1.807, 2.05) is 12.1 Å². The predicted octanol–water partition coefficient (Wildman–Crippen LogP) is 1.06. The first-order valence-corrected chi connectivity index (χ1v) is 6.27. The highest BCUT2D eigenvalue weighted by Crippen LogP contribution is 2.32. The molecule has 0 bridgehead atoms. The number of benzene rings is 1. The lowest BCUT2D eigenvalue weighted by Crippen LogP contribution is -2.30. The summed E-state index contributed by atoms with van der Waals surface area (Å²) in [6.07, 6.45) is 1.43. The van der Waals surface area contributed by atoms with Crippen molar-refractivity contribution in [2.45, 2.75) is 6.04 Å². The zero-order valence-electron chi connectivity index (χ0n) is 12.2. The van der Waals surface area contributed by atoms with E-state index < -0.39 is 0 Å². The van der Waals surface area contributed by atoms with Crippen LogP contribution in [-0.2, 0) is 0 Å². The van der Waals surface area contributed by atoms with E-state index in [0.717, 1.165) is 5.56 Å². The quantitative estimate of drug-likeness (QED) is 0.607. The van der Waals surface area contributed by atoms with Crippen molar-refractivity contribution < 1.29 is 14.2 Å². The monoisotopic (exact) mass is 290 g/mol. The fraction of sp³-hybridized carbons (Fsp3) is 0.286. The molecular weight excluding hydrogens is 272 g/mol. The number of nitrogens with one attached hydrogen (secondary N) is 1. The molecule has 1 atom stereocenters. The summed E-state index contributed by atoms with van der Waals surface area (Å²) in [4.78, 5) is 8.22. The summed E-state index contributed by atoms with van der Waals surface area (Å²) < 4.78 is 15.7. The molecule has 0 fully saturated rings. The molecule has 7 nitrogen and oxygen atoms in total. The second-order valence-corrected chi connectivity index (χ2v) is 4.19. The van der Waals surface area contributed by atoms with Gasteiger partial charge in [-0.25, -0.2) is 15.4 Å². The number of nitrogens with zero attached hydrogens (tertiary/aromatic N) is 2. The number of hydrogen-bond donors (Lipinski definition) is 2. The third-order valence-electron chi connectivity index (χ3n) is 3.09. The first-order chi connectivity index (χ1) is 10.2. The first-order valence-electron chi connectivity index (χ1n) is 6.27. The Labute approximate surface area is 123 Å². The van der Waals surface area contributed by atoms with E-state index in [-0.39, 0.29) is 6.04 Å². The maximum Gasteiger partial charge on any atom is 0.216 e. The van der Waals surface area contributed by atoms with E-state index in [1.165, 1.54) is 6.33 Å². The number of hydrazine groups is 1. The van der Waals surface area contributed by atoms with Crippen LogP contribution in [0.15, 0.2) is 30.6 Å². The third kappa shape index (κ3) is 3.21. The summed E-state index contributed by atoms with van der Waals surface area (Å²) in [6, 6.07) is 6.85. The number of nitrogens with two attached hydrogens (primary N) is 1. The van der Waals surface area contributed by atoms with E-state index in [1.54, 1.807) is 33.5 Å². The Balaban J connectivity index is 2.45. The molecule has 3 N–H and O–H groups in total. The summed E-state index contributed by atoms with van der Waals surface area (Å²) >= 11 is 0. The maximum absolute atomic E-state index is 5.68. The molecule has 2 aromatic rings. The van der Waals surface area contributed by atoms with Gasteiger partial charge in [0.2, 0.25) is 5.88 Å². The number of methoxy groups -OCH3 is 3. The van der Waals surface area contributed by atoms with E-state index in [4.69, 9.17) is 20.1 Å². The molecule has 1 aromatic carbocycles. The van der Waals surface area contributed by atoms with Crippen molar-refractivity contribution in [1.29, 1.82) is 0 Å². The molecule has 112 valence electrons. The highest BCUT2D eigenvalue weighted by molar-refractivity contribution is 5.45. The van der Waals surface area contributed by atoms with E-state index in [9.17, 15) is 0 Å². The number of hydrogen-bond acceptors (Lipinski definition) is 7. The lowest BCUT2D eigenvalue weighted by Gasteiger charge is -2.19. The Morgan fingerprint density at radius 2 is 1.86 bits per heavy atom. The standard InChI is InChI=1S/C14H18N4O3/c1-19-9-4-5-10(12(6-9)20-2)14(18-15)11-7-13(21-3)17-8-16-11/h4-8,14,18H,15H2,1-3H3. The van der Waals surface area contributed by atoms with Crippen LogP contribution >= 0.6 is 0 Å². The van der Waals surface area contributed by atoms with Gasteiger partial charge in [-0.2, -0.15) is 0 Å². The van der Waals surface area contributed by atoms with Crippen molar-refractivity contribution in [2.24, 2.45) is 5.84 Å². The molecule has 0 aliphatic heterocycles. The minimum atomic E-state index is -0.359. The number of aromatic nitrogens is 2. The average Bonchev–Trinajstić information content (AvgIpc) is 2.56. The zero-order valence-corrected chi connectivity index (χ0v) is 12.2. The van der Waals surface area contributed by atoms with Crippen molar-refractivity contribution >= 4 is 0 Å². The topological polar surface area (TPSA) is 91.5 Å². The van der Waals surface area contributed by atoms with Gasteiger partial charge in [-0.3, -0.25) is 5.84 Å². The van der Waals surface area contributed by atoms with Gasteiger partial charge in [0, 0.05) is 17.7 Å². The third-order valence-corrected chi connectivity index (χ3v) is 3.09. The van der Waals surface area contributed by atoms with Crippen LogP contribution in [0.5, 0.6) is 17.4 Å². The lowest BCUT2D eigenvalue weighted by molar-refractivity contribution is 0.385. The van der Waals surface area contributed by atoms with Gasteiger partial charge in [-0.1, -0.05) is 0 Å². The second-order valence-electron chi connectivity index (χ2n) is 4.19. The summed E-state index contributed by atoms with van der Waals surface area (Å²) in [6.45, 7) is 0. The molecule has 1 heterocycles. The number of ether oxygens (including phenoxy) is 3. The van der Waals surface area contributed by atoms with Crippen LogP contribution in [0.4, 0.5) is 0 Å². The van der Waals surface area contributed by atoms with E-state index in [0.29, 0.717) is 23.1 Å². The van der Waals surface area contributed by atoms with E-state index >= 15 is 0 Å². The van der Waals surface area contributed by atoms with Gasteiger partial charge in [0.1, 0.15) is 17.8 Å². The molecule has 0 radical (unpaired) electrons. The van der Waals surface area contributed by atoms with Crippen LogP contribution in [0.2, 0.25) is 0 Å². The van der Waals surface area contributed by atoms with Gasteiger partial charge >= 0.3 is 0 Å². The Bertz CT molecular complexity index is 607. The number of rotatable bonds is 6. The zero-order chi connectivity index (χ0) is 15.2. The molecule has 7 heteroatoms. The maximum atomic E-state index is 5.68. The predicted molar refractivity (Wildman–Crippen MR) is 77.3 cm³/mol. The minimum Gasteiger partial charge on any atom is -0.497 e. The molecule has 0 amide bonds. The Kier molecular flexibility index (Phi) is 4.91. The lowest BCUT2D eigenvalue weighted by atomic mass is 10.0. The molecule has 0 saturated heterocycles. The Hall–Kier alpha value is -2.38. The fourth-order valence-electron chi connectivity index (χ4n) is 2.01. The smallest absolute Gasteiger partial charge is 0.216 e. The summed E-state index contributed by atoms with van der Waals surface area (Å²) in [5, 5.41) is 0. The second kappa shape index (κ2) is 6.87. The van der Waals surface area contributed by atoms with Crippen LogP contribution in [0.3, 0.4) is 0 Å². The van der Waals surface area contributed by atoms with Crippen molar-refractivity contribution in [1.82, 2.24) is 15.4 Å². The van der Waals surface area contributed by atoms with Crippen molar-refractivity contribution in [3.8, 4) is 17.4 Å². The Morgan fingerprint density at radius 3 is 2.48 bits per heavy atom. The van der Waals surface area contributed by atoms with Gasteiger partial charge in [0.05, 0.1) is 33.1 Å². The van der Waals surface area contributed by atoms with Gasteiger partial charge < -0.3 is 14.2 Å². The molecule has 1 aromatic heterocycles. The molecule has 0 aliphatic carbocycles. The Morgan fingerprint density at radius 1 is 1.05 bits per heavy atom. The molecule has 0 saturated carbocycles. The van der Waals surface area contributed by atoms with Crippen LogP contribution in [0, 0.1) is 0 Å². The summed E-state index contributed by atoms with van der Waals surface area (Å²) in [5.41, 5.74) is 4.24. The van der Waals surface area contributed by atoms with Crippen molar-refractivity contribution in [3.63, 3.8) is 0 Å². The van der Waals surface area contributed by atoms with Crippen LogP contribution in [0.25, 0.3) is 0 Å². The van der Waals surface area contributed by atoms with Gasteiger partial charge in [0.15, 0.2) is 0 Å². The molecule has 21 heavy (non-hydrogen) atoms. The molecule has 0 aliphatic rings. The largest absolute Gasteiger partial charge is 0.497 e. The minimum absolute atomic E-state index is 0.359. The molecule has 2 rings (SSSR count). The molecular formula is C14H18N4O3. The van der Waals surface area contributed by atoms with Gasteiger partial charge in [0.25, 0.3) is 0 Å².